The van der Waals surface area contributed by atoms with Crippen molar-refractivity contribution in [1.82, 2.24) is 10.2 Å². The van der Waals surface area contributed by atoms with Crippen LogP contribution in [-0.2, 0) is 26.2 Å². The van der Waals surface area contributed by atoms with Crippen molar-refractivity contribution in [2.75, 3.05) is 25.0 Å². The highest BCUT2D eigenvalue weighted by Gasteiger charge is 2.33. The van der Waals surface area contributed by atoms with E-state index in [2.05, 4.69) is 5.32 Å². The number of ether oxygens (including phenoxy) is 1. The van der Waals surface area contributed by atoms with Gasteiger partial charge >= 0.3 is 0 Å². The lowest BCUT2D eigenvalue weighted by Gasteiger charge is -2.33. The second kappa shape index (κ2) is 12.8. The average Bonchev–Trinajstić information content (AvgIpc) is 2.91. The molecule has 0 aliphatic carbocycles. The number of anilines is 1. The van der Waals surface area contributed by atoms with Crippen molar-refractivity contribution in [3.05, 3.63) is 88.9 Å². The molecular formula is C28H32ClN3O5S. The Labute approximate surface area is 229 Å². The highest BCUT2D eigenvalue weighted by molar-refractivity contribution is 7.92. The van der Waals surface area contributed by atoms with E-state index in [0.717, 1.165) is 15.4 Å². The summed E-state index contributed by atoms with van der Waals surface area (Å²) in [6, 6.07) is 19.0. The van der Waals surface area contributed by atoms with Gasteiger partial charge in [0.2, 0.25) is 11.8 Å². The quantitative estimate of drug-likeness (QED) is 0.377. The van der Waals surface area contributed by atoms with Crippen molar-refractivity contribution < 1.29 is 22.7 Å². The summed E-state index contributed by atoms with van der Waals surface area (Å²) in [6.45, 7) is 3.23. The number of hydrogen-bond acceptors (Lipinski definition) is 5. The zero-order valence-corrected chi connectivity index (χ0v) is 23.4. The van der Waals surface area contributed by atoms with Gasteiger partial charge < -0.3 is 15.0 Å². The molecule has 202 valence electrons. The molecule has 0 aliphatic heterocycles. The summed E-state index contributed by atoms with van der Waals surface area (Å²) in [6.07, 6.45) is 0.337. The normalized spacial score (nSPS) is 11.9. The fraction of sp³-hybridized carbons (Fsp3) is 0.286. The maximum Gasteiger partial charge on any atom is 0.264 e. The first-order valence-corrected chi connectivity index (χ1v) is 13.9. The fourth-order valence-corrected chi connectivity index (χ4v) is 5.60. The third kappa shape index (κ3) is 6.85. The summed E-state index contributed by atoms with van der Waals surface area (Å²) in [5.41, 5.74) is 1.90. The predicted octanol–water partition coefficient (Wildman–Crippen LogP) is 4.41. The van der Waals surface area contributed by atoms with Gasteiger partial charge in [-0.2, -0.15) is 0 Å². The first-order valence-electron chi connectivity index (χ1n) is 12.1. The molecule has 8 nitrogen and oxygen atoms in total. The van der Waals surface area contributed by atoms with E-state index in [0.29, 0.717) is 17.2 Å². The monoisotopic (exact) mass is 557 g/mol. The van der Waals surface area contributed by atoms with E-state index < -0.39 is 28.5 Å². The molecule has 1 N–H and O–H groups in total. The first kappa shape index (κ1) is 29.0. The van der Waals surface area contributed by atoms with E-state index >= 15 is 0 Å². The Morgan fingerprint density at radius 3 is 2.24 bits per heavy atom. The van der Waals surface area contributed by atoms with Gasteiger partial charge in [0, 0.05) is 18.6 Å². The highest BCUT2D eigenvalue weighted by atomic mass is 35.5. The number of carbonyl (C=O) groups excluding carboxylic acids is 2. The number of nitrogens with zero attached hydrogens (tertiary/aromatic N) is 2. The molecule has 0 heterocycles. The number of carbonyl (C=O) groups is 2. The van der Waals surface area contributed by atoms with Gasteiger partial charge in [-0.3, -0.25) is 13.9 Å². The predicted molar refractivity (Wildman–Crippen MR) is 149 cm³/mol. The van der Waals surface area contributed by atoms with E-state index in [1.807, 2.05) is 6.92 Å². The van der Waals surface area contributed by atoms with Crippen molar-refractivity contribution in [1.29, 1.82) is 0 Å². The van der Waals surface area contributed by atoms with Crippen molar-refractivity contribution in [3.63, 3.8) is 0 Å². The summed E-state index contributed by atoms with van der Waals surface area (Å²) >= 11 is 6.19. The van der Waals surface area contributed by atoms with Gasteiger partial charge in [-0.15, -0.1) is 0 Å². The molecule has 3 aromatic rings. The number of methoxy groups -OCH3 is 1. The standard InChI is InChI=1S/C28H32ClN3O5S/c1-5-26(28(34)30-3)31(18-21-11-13-24(37-4)14-12-21)27(33)19-32(23-8-6-7-22(29)17-23)38(35,36)25-15-9-20(2)10-16-25/h6-17,26H,5,18-19H2,1-4H3,(H,30,34)/t26-/m0/s1. The van der Waals surface area contributed by atoms with Gasteiger partial charge in [-0.05, 0) is 61.4 Å². The van der Waals surface area contributed by atoms with Crippen LogP contribution in [0.2, 0.25) is 5.02 Å². The maximum atomic E-state index is 13.9. The van der Waals surface area contributed by atoms with Crippen molar-refractivity contribution in [3.8, 4) is 5.75 Å². The molecule has 0 aliphatic rings. The van der Waals surface area contributed by atoms with Gasteiger partial charge in [0.1, 0.15) is 18.3 Å². The second-order valence-corrected chi connectivity index (χ2v) is 11.0. The third-order valence-electron chi connectivity index (χ3n) is 6.13. The minimum absolute atomic E-state index is 0.0379. The van der Waals surface area contributed by atoms with Crippen molar-refractivity contribution in [2.24, 2.45) is 0 Å². The molecule has 3 aromatic carbocycles. The Balaban J connectivity index is 2.04. The molecule has 0 aromatic heterocycles. The third-order valence-corrected chi connectivity index (χ3v) is 8.15. The minimum Gasteiger partial charge on any atom is -0.497 e. The maximum absolute atomic E-state index is 13.9. The molecule has 0 spiro atoms. The number of halogens is 1. The lowest BCUT2D eigenvalue weighted by atomic mass is 10.1. The van der Waals surface area contributed by atoms with Crippen LogP contribution < -0.4 is 14.4 Å². The van der Waals surface area contributed by atoms with Crippen LogP contribution in [0.15, 0.2) is 77.7 Å². The molecule has 2 amide bonds. The van der Waals surface area contributed by atoms with Gasteiger partial charge in [0.25, 0.3) is 10.0 Å². The van der Waals surface area contributed by atoms with Crippen molar-refractivity contribution in [2.45, 2.75) is 37.8 Å². The van der Waals surface area contributed by atoms with Crippen LogP contribution in [0.1, 0.15) is 24.5 Å². The molecule has 0 unspecified atom stereocenters. The topological polar surface area (TPSA) is 96.0 Å². The van der Waals surface area contributed by atoms with E-state index in [4.69, 9.17) is 16.3 Å². The van der Waals surface area contributed by atoms with Crippen LogP contribution >= 0.6 is 11.6 Å². The van der Waals surface area contributed by atoms with E-state index in [1.165, 1.54) is 30.1 Å². The number of rotatable bonds is 11. The molecule has 10 heteroatoms. The lowest BCUT2D eigenvalue weighted by molar-refractivity contribution is -0.140. The van der Waals surface area contributed by atoms with Gasteiger partial charge in [-0.1, -0.05) is 54.4 Å². The number of hydrogen-bond donors (Lipinski definition) is 1. The van der Waals surface area contributed by atoms with Crippen LogP contribution in [-0.4, -0.2) is 51.9 Å². The number of amides is 2. The molecule has 0 saturated heterocycles. The zero-order chi connectivity index (χ0) is 27.9. The Morgan fingerprint density at radius 2 is 1.68 bits per heavy atom. The molecule has 0 bridgehead atoms. The summed E-state index contributed by atoms with van der Waals surface area (Å²) < 4.78 is 33.8. The van der Waals surface area contributed by atoms with Crippen LogP contribution in [0.4, 0.5) is 5.69 Å². The van der Waals surface area contributed by atoms with E-state index in [9.17, 15) is 18.0 Å². The molecule has 0 saturated carbocycles. The molecular weight excluding hydrogens is 526 g/mol. The summed E-state index contributed by atoms with van der Waals surface area (Å²) in [4.78, 5) is 28.1. The number of benzene rings is 3. The van der Waals surface area contributed by atoms with Crippen LogP contribution in [0.5, 0.6) is 5.75 Å². The summed E-state index contributed by atoms with van der Waals surface area (Å²) in [5, 5.41) is 2.93. The molecule has 0 radical (unpaired) electrons. The van der Waals surface area contributed by atoms with Gasteiger partial charge in [0.15, 0.2) is 0 Å². The second-order valence-electron chi connectivity index (χ2n) is 8.71. The lowest BCUT2D eigenvalue weighted by Crippen LogP contribution is -2.51. The highest BCUT2D eigenvalue weighted by Crippen LogP contribution is 2.27. The summed E-state index contributed by atoms with van der Waals surface area (Å²) in [5.74, 6) is -0.224. The minimum atomic E-state index is -4.15. The van der Waals surface area contributed by atoms with Crippen molar-refractivity contribution >= 4 is 39.1 Å². The number of nitrogens with one attached hydrogen (secondary N) is 1. The Bertz CT molecular complexity index is 1360. The largest absolute Gasteiger partial charge is 0.497 e. The molecule has 38 heavy (non-hydrogen) atoms. The van der Waals surface area contributed by atoms with Gasteiger partial charge in [-0.25, -0.2) is 8.42 Å². The smallest absolute Gasteiger partial charge is 0.264 e. The molecule has 1 atom stereocenters. The molecule has 0 fully saturated rings. The Morgan fingerprint density at radius 1 is 1.03 bits per heavy atom. The van der Waals surface area contributed by atoms with E-state index in [-0.39, 0.29) is 23.0 Å². The van der Waals surface area contributed by atoms with Crippen LogP contribution in [0, 0.1) is 6.92 Å². The Hall–Kier alpha value is -3.56. The van der Waals surface area contributed by atoms with Crippen LogP contribution in [0.3, 0.4) is 0 Å². The number of likely N-dealkylation sites (N-methyl/N-ethyl adjacent to an activating group) is 1. The van der Waals surface area contributed by atoms with Crippen LogP contribution in [0.25, 0.3) is 0 Å². The average molecular weight is 558 g/mol. The zero-order valence-electron chi connectivity index (χ0n) is 21.8. The summed E-state index contributed by atoms with van der Waals surface area (Å²) in [7, 11) is -1.09. The fourth-order valence-electron chi connectivity index (χ4n) is 4.01. The number of sulfonamides is 1. The molecule has 3 rings (SSSR count). The van der Waals surface area contributed by atoms with Gasteiger partial charge in [0.05, 0.1) is 17.7 Å². The SMILES string of the molecule is CC[C@@H](C(=O)NC)N(Cc1ccc(OC)cc1)C(=O)CN(c1cccc(Cl)c1)S(=O)(=O)c1ccc(C)cc1. The first-order chi connectivity index (χ1) is 18.1. The number of aryl methyl sites for hydroxylation is 1. The van der Waals surface area contributed by atoms with E-state index in [1.54, 1.807) is 68.6 Å². The Kier molecular flexibility index (Phi) is 9.77.